The summed E-state index contributed by atoms with van der Waals surface area (Å²) in [5.74, 6) is -2.00. The van der Waals surface area contributed by atoms with Crippen LogP contribution in [-0.2, 0) is 12.7 Å². The smallest absolute Gasteiger partial charge is 0.257 e. The van der Waals surface area contributed by atoms with Crippen molar-refractivity contribution in [3.8, 4) is 0 Å². The molecule has 0 spiro atoms. The van der Waals surface area contributed by atoms with Gasteiger partial charge in [0.25, 0.3) is 5.91 Å². The molecular formula is C15H14F3N3O. The first-order valence-corrected chi connectivity index (χ1v) is 6.81. The maximum atomic E-state index is 15.0. The van der Waals surface area contributed by atoms with Crippen LogP contribution in [0, 0.1) is 11.6 Å². The number of nitrogens with zero attached hydrogens (tertiary/aromatic N) is 3. The van der Waals surface area contributed by atoms with Gasteiger partial charge in [0.2, 0.25) is 0 Å². The number of hydrogen-bond acceptors (Lipinski definition) is 2. The first kappa shape index (κ1) is 14.6. The Balaban J connectivity index is 1.82. The molecule has 1 aromatic heterocycles. The number of likely N-dealkylation sites (tertiary alicyclic amines) is 1. The van der Waals surface area contributed by atoms with Crippen LogP contribution < -0.4 is 0 Å². The maximum absolute atomic E-state index is 15.0. The fraction of sp³-hybridized carbons (Fsp3) is 0.333. The van der Waals surface area contributed by atoms with E-state index >= 15 is 0 Å². The summed E-state index contributed by atoms with van der Waals surface area (Å²) in [4.78, 5) is 13.6. The molecule has 4 nitrogen and oxygen atoms in total. The van der Waals surface area contributed by atoms with E-state index in [0.29, 0.717) is 11.6 Å². The third-order valence-electron chi connectivity index (χ3n) is 3.84. The minimum atomic E-state index is -1.94. The molecule has 2 heterocycles. The Kier molecular flexibility index (Phi) is 3.42. The zero-order valence-electron chi connectivity index (χ0n) is 11.9. The monoisotopic (exact) mass is 309 g/mol. The highest BCUT2D eigenvalue weighted by Gasteiger charge is 2.42. The minimum absolute atomic E-state index is 0.00188. The number of carbonyl (C=O) groups excluding carboxylic acids is 1. The van der Waals surface area contributed by atoms with Crippen molar-refractivity contribution in [2.24, 2.45) is 7.05 Å². The van der Waals surface area contributed by atoms with Crippen molar-refractivity contribution in [3.63, 3.8) is 0 Å². The van der Waals surface area contributed by atoms with Crippen LogP contribution in [0.1, 0.15) is 22.3 Å². The van der Waals surface area contributed by atoms with Gasteiger partial charge in [-0.3, -0.25) is 9.48 Å². The van der Waals surface area contributed by atoms with Gasteiger partial charge in [-0.25, -0.2) is 13.2 Å². The molecule has 1 aliphatic rings. The summed E-state index contributed by atoms with van der Waals surface area (Å²) in [6, 6.07) is 2.64. The van der Waals surface area contributed by atoms with E-state index in [2.05, 4.69) is 5.10 Å². The normalized spacial score (nSPS) is 21.4. The van der Waals surface area contributed by atoms with Gasteiger partial charge in [-0.05, 0) is 17.7 Å². The number of benzene rings is 1. The van der Waals surface area contributed by atoms with Gasteiger partial charge in [-0.1, -0.05) is 0 Å². The highest BCUT2D eigenvalue weighted by atomic mass is 19.1. The average Bonchev–Trinajstić information content (AvgIpc) is 3.04. The Bertz CT molecular complexity index is 710. The van der Waals surface area contributed by atoms with Gasteiger partial charge in [0, 0.05) is 32.3 Å². The predicted octanol–water partition coefficient (Wildman–Crippen LogP) is 2.41. The Morgan fingerprint density at radius 1 is 1.27 bits per heavy atom. The number of rotatable bonds is 2. The Morgan fingerprint density at radius 2 is 1.95 bits per heavy atom. The van der Waals surface area contributed by atoms with E-state index in [9.17, 15) is 18.0 Å². The van der Waals surface area contributed by atoms with Crippen molar-refractivity contribution in [1.82, 2.24) is 14.7 Å². The van der Waals surface area contributed by atoms with Gasteiger partial charge in [-0.2, -0.15) is 5.10 Å². The van der Waals surface area contributed by atoms with Crippen molar-refractivity contribution in [2.75, 3.05) is 13.1 Å². The first-order valence-electron chi connectivity index (χ1n) is 6.81. The fourth-order valence-electron chi connectivity index (χ4n) is 2.71. The van der Waals surface area contributed by atoms with Crippen LogP contribution in [0.3, 0.4) is 0 Å². The quantitative estimate of drug-likeness (QED) is 0.854. The Morgan fingerprint density at radius 3 is 2.55 bits per heavy atom. The number of carbonyl (C=O) groups is 1. The van der Waals surface area contributed by atoms with Crippen LogP contribution in [0.15, 0.2) is 30.6 Å². The molecule has 1 amide bonds. The maximum Gasteiger partial charge on any atom is 0.257 e. The van der Waals surface area contributed by atoms with Crippen LogP contribution in [-0.4, -0.2) is 33.7 Å². The molecule has 22 heavy (non-hydrogen) atoms. The number of alkyl halides is 1. The lowest BCUT2D eigenvalue weighted by Crippen LogP contribution is -2.32. The number of amides is 1. The zero-order chi connectivity index (χ0) is 15.9. The molecule has 2 aromatic rings. The summed E-state index contributed by atoms with van der Waals surface area (Å²) < 4.78 is 43.0. The van der Waals surface area contributed by atoms with E-state index in [0.717, 1.165) is 12.1 Å². The summed E-state index contributed by atoms with van der Waals surface area (Å²) >= 11 is 0. The lowest BCUT2D eigenvalue weighted by molar-refractivity contribution is 0.0750. The summed E-state index contributed by atoms with van der Waals surface area (Å²) in [7, 11) is 1.68. The minimum Gasteiger partial charge on any atom is -0.335 e. The molecule has 7 heteroatoms. The molecule has 0 N–H and O–H groups in total. The lowest BCUT2D eigenvalue weighted by atomic mass is 9.95. The summed E-state index contributed by atoms with van der Waals surface area (Å²) in [5.41, 5.74) is -1.66. The zero-order valence-corrected chi connectivity index (χ0v) is 11.9. The average molecular weight is 309 g/mol. The summed E-state index contributed by atoms with van der Waals surface area (Å²) in [6.45, 7) is -0.0496. The third kappa shape index (κ3) is 2.58. The van der Waals surface area contributed by atoms with E-state index in [1.54, 1.807) is 13.2 Å². The summed E-state index contributed by atoms with van der Waals surface area (Å²) in [5, 5.41) is 3.90. The Labute approximate surface area is 125 Å². The SMILES string of the molecule is Cn1cc(C(=O)N2CC[C@](F)(c3cc(F)cc(F)c3)C2)cn1. The largest absolute Gasteiger partial charge is 0.335 e. The Hall–Kier alpha value is -2.31. The molecule has 0 bridgehead atoms. The fourth-order valence-corrected chi connectivity index (χ4v) is 2.71. The van der Waals surface area contributed by atoms with E-state index in [4.69, 9.17) is 0 Å². The number of aromatic nitrogens is 2. The predicted molar refractivity (Wildman–Crippen MR) is 72.9 cm³/mol. The van der Waals surface area contributed by atoms with Crippen molar-refractivity contribution >= 4 is 5.91 Å². The van der Waals surface area contributed by atoms with Crippen LogP contribution in [0.4, 0.5) is 13.2 Å². The number of halogens is 3. The molecule has 0 saturated carbocycles. The van der Waals surface area contributed by atoms with Gasteiger partial charge in [-0.15, -0.1) is 0 Å². The van der Waals surface area contributed by atoms with Gasteiger partial charge in [0.15, 0.2) is 5.67 Å². The van der Waals surface area contributed by atoms with Crippen LogP contribution >= 0.6 is 0 Å². The van der Waals surface area contributed by atoms with Crippen molar-refractivity contribution < 1.29 is 18.0 Å². The van der Waals surface area contributed by atoms with Crippen LogP contribution in [0.5, 0.6) is 0 Å². The van der Waals surface area contributed by atoms with E-state index < -0.39 is 17.3 Å². The molecule has 0 radical (unpaired) electrons. The van der Waals surface area contributed by atoms with Crippen molar-refractivity contribution in [1.29, 1.82) is 0 Å². The molecule has 1 aliphatic heterocycles. The second-order valence-electron chi connectivity index (χ2n) is 5.50. The van der Waals surface area contributed by atoms with Gasteiger partial charge in [0.05, 0.1) is 18.3 Å². The molecule has 1 aromatic carbocycles. The van der Waals surface area contributed by atoms with Gasteiger partial charge in [0.1, 0.15) is 11.6 Å². The van der Waals surface area contributed by atoms with Gasteiger partial charge < -0.3 is 4.90 Å². The summed E-state index contributed by atoms with van der Waals surface area (Å²) in [6.07, 6.45) is 2.95. The highest BCUT2D eigenvalue weighted by molar-refractivity contribution is 5.94. The van der Waals surface area contributed by atoms with E-state index in [1.165, 1.54) is 15.8 Å². The standard InChI is InChI=1S/C15H14F3N3O/c1-20-8-10(7-19-20)14(22)21-3-2-15(18,9-21)11-4-12(16)6-13(17)5-11/h4-8H,2-3,9H2,1H3/t15-/m1/s1. The van der Waals surface area contributed by atoms with Gasteiger partial charge >= 0.3 is 0 Å². The molecule has 116 valence electrons. The van der Waals surface area contributed by atoms with E-state index in [-0.39, 0.29) is 31.0 Å². The molecule has 1 atom stereocenters. The second kappa shape index (κ2) is 5.15. The highest BCUT2D eigenvalue weighted by Crippen LogP contribution is 2.37. The molecule has 3 rings (SSSR count). The van der Waals surface area contributed by atoms with Crippen LogP contribution in [0.25, 0.3) is 0 Å². The first-order chi connectivity index (χ1) is 10.4. The molecular weight excluding hydrogens is 295 g/mol. The van der Waals surface area contributed by atoms with Crippen LogP contribution in [0.2, 0.25) is 0 Å². The topological polar surface area (TPSA) is 38.1 Å². The molecule has 1 saturated heterocycles. The lowest BCUT2D eigenvalue weighted by Gasteiger charge is -2.21. The van der Waals surface area contributed by atoms with Crippen molar-refractivity contribution in [3.05, 3.63) is 53.4 Å². The third-order valence-corrected chi connectivity index (χ3v) is 3.84. The molecule has 0 unspecified atom stereocenters. The molecule has 1 fully saturated rings. The number of aryl methyl sites for hydroxylation is 1. The molecule has 0 aliphatic carbocycles. The van der Waals surface area contributed by atoms with Crippen molar-refractivity contribution in [2.45, 2.75) is 12.1 Å². The van der Waals surface area contributed by atoms with E-state index in [1.807, 2.05) is 0 Å². The second-order valence-corrected chi connectivity index (χ2v) is 5.50. The number of hydrogen-bond donors (Lipinski definition) is 0.